The maximum atomic E-state index is 4.17. The van der Waals surface area contributed by atoms with Crippen LogP contribution in [-0.4, -0.2) is 19.0 Å². The molecule has 0 aliphatic carbocycles. The number of nitrogens with zero attached hydrogens (tertiary/aromatic N) is 2. The quantitative estimate of drug-likeness (QED) is 0.574. The normalized spacial score (nSPS) is 12.9. The molecule has 0 amide bonds. The van der Waals surface area contributed by atoms with Gasteiger partial charge in [0.05, 0.1) is 0 Å². The third kappa shape index (κ3) is 9.08. The second kappa shape index (κ2) is 5.70. The van der Waals surface area contributed by atoms with E-state index in [0.717, 1.165) is 13.0 Å². The van der Waals surface area contributed by atoms with Crippen LogP contribution in [0.5, 0.6) is 0 Å². The first-order chi connectivity index (χ1) is 5.56. The minimum atomic E-state index is 0.368. The zero-order chi connectivity index (χ0) is 9.45. The summed E-state index contributed by atoms with van der Waals surface area (Å²) < 4.78 is 0. The summed E-state index contributed by atoms with van der Waals surface area (Å²) in [5.41, 5.74) is 0.368. The van der Waals surface area contributed by atoms with Crippen LogP contribution >= 0.6 is 0 Å². The van der Waals surface area contributed by atoms with Gasteiger partial charge in [-0.3, -0.25) is 9.98 Å². The lowest BCUT2D eigenvalue weighted by Crippen LogP contribution is -2.06. The molecule has 0 aliphatic rings. The van der Waals surface area contributed by atoms with Crippen molar-refractivity contribution >= 4 is 12.4 Å². The first kappa shape index (κ1) is 11.1. The minimum absolute atomic E-state index is 0.368. The molecule has 68 valence electrons. The summed E-state index contributed by atoms with van der Waals surface area (Å²) in [6, 6.07) is 0. The van der Waals surface area contributed by atoms with Gasteiger partial charge in [0.25, 0.3) is 0 Å². The zero-order valence-electron chi connectivity index (χ0n) is 8.25. The maximum Gasteiger partial charge on any atom is 0.0446 e. The van der Waals surface area contributed by atoms with E-state index < -0.39 is 0 Å². The van der Waals surface area contributed by atoms with Gasteiger partial charge < -0.3 is 0 Å². The molecule has 0 rings (SSSR count). The molecule has 2 heteroatoms. The summed E-state index contributed by atoms with van der Waals surface area (Å²) in [6.07, 6.45) is 5.96. The van der Waals surface area contributed by atoms with Crippen LogP contribution in [0.3, 0.4) is 0 Å². The van der Waals surface area contributed by atoms with Crippen LogP contribution in [0.1, 0.15) is 27.2 Å². The highest BCUT2D eigenvalue weighted by Gasteiger charge is 2.07. The minimum Gasteiger partial charge on any atom is -0.292 e. The highest BCUT2D eigenvalue weighted by molar-refractivity contribution is 6.16. The summed E-state index contributed by atoms with van der Waals surface area (Å²) in [5, 5.41) is 0. The molecule has 0 heterocycles. The van der Waals surface area contributed by atoms with Gasteiger partial charge in [0, 0.05) is 25.2 Å². The van der Waals surface area contributed by atoms with E-state index in [1.54, 1.807) is 12.4 Å². The van der Waals surface area contributed by atoms with Crippen molar-refractivity contribution in [1.29, 1.82) is 0 Å². The van der Waals surface area contributed by atoms with Gasteiger partial charge in [-0.25, -0.2) is 0 Å². The molecule has 0 radical (unpaired) electrons. The van der Waals surface area contributed by atoms with Crippen molar-refractivity contribution in [2.45, 2.75) is 27.2 Å². The highest BCUT2D eigenvalue weighted by atomic mass is 14.7. The van der Waals surface area contributed by atoms with Crippen molar-refractivity contribution in [1.82, 2.24) is 0 Å². The van der Waals surface area contributed by atoms with Gasteiger partial charge in [-0.1, -0.05) is 27.4 Å². The Hall–Kier alpha value is -0.920. The first-order valence-electron chi connectivity index (χ1n) is 4.19. The van der Waals surface area contributed by atoms with Crippen LogP contribution in [0.15, 0.2) is 22.8 Å². The van der Waals surface area contributed by atoms with Crippen LogP contribution in [0, 0.1) is 5.41 Å². The Kier molecular flexibility index (Phi) is 5.26. The van der Waals surface area contributed by atoms with Gasteiger partial charge in [0.1, 0.15) is 0 Å². The van der Waals surface area contributed by atoms with Crippen molar-refractivity contribution in [3.8, 4) is 0 Å². The van der Waals surface area contributed by atoms with E-state index in [0.29, 0.717) is 5.41 Å². The molecule has 0 spiro atoms. The van der Waals surface area contributed by atoms with Gasteiger partial charge in [-0.2, -0.15) is 0 Å². The number of rotatable bonds is 4. The average Bonchev–Trinajstić information content (AvgIpc) is 1.94. The average molecular weight is 166 g/mol. The van der Waals surface area contributed by atoms with Gasteiger partial charge in [0.15, 0.2) is 0 Å². The Morgan fingerprint density at radius 2 is 1.92 bits per heavy atom. The van der Waals surface area contributed by atoms with E-state index >= 15 is 0 Å². The predicted octanol–water partition coefficient (Wildman–Crippen LogP) is 2.71. The second-order valence-corrected chi connectivity index (χ2v) is 3.85. The monoisotopic (exact) mass is 166 g/mol. The molecule has 0 aliphatic heterocycles. The van der Waals surface area contributed by atoms with E-state index in [-0.39, 0.29) is 0 Å². The van der Waals surface area contributed by atoms with Crippen molar-refractivity contribution in [3.63, 3.8) is 0 Å². The zero-order valence-corrected chi connectivity index (χ0v) is 8.25. The Bertz CT molecular complexity index is 173. The fourth-order valence-electron chi connectivity index (χ4n) is 0.621. The lowest BCUT2D eigenvalue weighted by atomic mass is 9.93. The second-order valence-electron chi connectivity index (χ2n) is 3.85. The molecule has 0 aromatic carbocycles. The standard InChI is InChI=1S/C10H18N2/c1-5-11-8-9-12-7-6-10(2,3)4/h5,8-9H,1,6-7H2,2-4H3. The number of aliphatic imine (C=N–C) groups is 2. The van der Waals surface area contributed by atoms with Crippen LogP contribution in [-0.2, 0) is 0 Å². The van der Waals surface area contributed by atoms with E-state index in [9.17, 15) is 0 Å². The van der Waals surface area contributed by atoms with Gasteiger partial charge in [-0.15, -0.1) is 0 Å². The molecule has 0 aromatic rings. The summed E-state index contributed by atoms with van der Waals surface area (Å²) in [4.78, 5) is 7.97. The maximum absolute atomic E-state index is 4.17. The Morgan fingerprint density at radius 3 is 2.42 bits per heavy atom. The smallest absolute Gasteiger partial charge is 0.0446 e. The number of hydrogen-bond acceptors (Lipinski definition) is 2. The van der Waals surface area contributed by atoms with Crippen molar-refractivity contribution in [3.05, 3.63) is 12.8 Å². The third-order valence-electron chi connectivity index (χ3n) is 1.35. The molecule has 0 N–H and O–H groups in total. The fraction of sp³-hybridized carbons (Fsp3) is 0.600. The predicted molar refractivity (Wildman–Crippen MR) is 56.1 cm³/mol. The van der Waals surface area contributed by atoms with Crippen molar-refractivity contribution in [2.24, 2.45) is 15.4 Å². The van der Waals surface area contributed by atoms with Gasteiger partial charge in [-0.05, 0) is 11.8 Å². The molecule has 0 fully saturated rings. The van der Waals surface area contributed by atoms with Gasteiger partial charge in [0.2, 0.25) is 0 Å². The van der Waals surface area contributed by atoms with Crippen LogP contribution in [0.25, 0.3) is 0 Å². The molecule has 0 unspecified atom stereocenters. The van der Waals surface area contributed by atoms with E-state index in [1.807, 2.05) is 0 Å². The molecule has 12 heavy (non-hydrogen) atoms. The third-order valence-corrected chi connectivity index (χ3v) is 1.35. The molecule has 0 atom stereocenters. The summed E-state index contributed by atoms with van der Waals surface area (Å²) >= 11 is 0. The topological polar surface area (TPSA) is 24.7 Å². The Morgan fingerprint density at radius 1 is 1.25 bits per heavy atom. The molecule has 2 nitrogen and oxygen atoms in total. The SMILES string of the molecule is C=CN=CC=NCCC(C)(C)C. The van der Waals surface area contributed by atoms with Crippen molar-refractivity contribution < 1.29 is 0 Å². The molecule has 0 saturated heterocycles. The Labute approximate surface area is 75.1 Å². The van der Waals surface area contributed by atoms with Crippen LogP contribution in [0.2, 0.25) is 0 Å². The Balaban J connectivity index is 3.49. The van der Waals surface area contributed by atoms with E-state index in [4.69, 9.17) is 0 Å². The highest BCUT2D eigenvalue weighted by Crippen LogP contribution is 2.17. The van der Waals surface area contributed by atoms with Gasteiger partial charge >= 0.3 is 0 Å². The fourth-order valence-corrected chi connectivity index (χ4v) is 0.621. The van der Waals surface area contributed by atoms with E-state index in [1.165, 1.54) is 6.20 Å². The number of hydrogen-bond donors (Lipinski definition) is 0. The molecule has 0 aromatic heterocycles. The summed E-state index contributed by atoms with van der Waals surface area (Å²) in [7, 11) is 0. The lowest BCUT2D eigenvalue weighted by Gasteiger charge is -2.15. The van der Waals surface area contributed by atoms with E-state index in [2.05, 4.69) is 37.3 Å². The van der Waals surface area contributed by atoms with Crippen LogP contribution in [0.4, 0.5) is 0 Å². The first-order valence-corrected chi connectivity index (χ1v) is 4.19. The van der Waals surface area contributed by atoms with Crippen molar-refractivity contribution in [2.75, 3.05) is 6.54 Å². The lowest BCUT2D eigenvalue weighted by molar-refractivity contribution is 0.385. The van der Waals surface area contributed by atoms with Crippen LogP contribution < -0.4 is 0 Å². The summed E-state index contributed by atoms with van der Waals surface area (Å²) in [6.45, 7) is 11.0. The summed E-state index contributed by atoms with van der Waals surface area (Å²) in [5.74, 6) is 0. The molecular formula is C10H18N2. The molecule has 0 bridgehead atoms. The molecule has 0 saturated carbocycles. The largest absolute Gasteiger partial charge is 0.292 e. The molecular weight excluding hydrogens is 148 g/mol.